The van der Waals surface area contributed by atoms with Gasteiger partial charge in [-0.3, -0.25) is 0 Å². The molecule has 17 heavy (non-hydrogen) atoms. The van der Waals surface area contributed by atoms with Crippen LogP contribution >= 0.6 is 27.5 Å². The Morgan fingerprint density at radius 3 is 2.65 bits per heavy atom. The zero-order chi connectivity index (χ0) is 12.6. The first-order valence-corrected chi connectivity index (χ1v) is 6.92. The van der Waals surface area contributed by atoms with Gasteiger partial charge in [0.25, 0.3) is 0 Å². The van der Waals surface area contributed by atoms with Gasteiger partial charge in [0.15, 0.2) is 0 Å². The summed E-state index contributed by atoms with van der Waals surface area (Å²) in [5.74, 6) is 1.55. The van der Waals surface area contributed by atoms with Crippen LogP contribution in [0, 0.1) is 11.8 Å². The molecule has 2 atom stereocenters. The number of halogens is 2. The molecule has 1 saturated carbocycles. The Morgan fingerprint density at radius 1 is 1.47 bits per heavy atom. The van der Waals surface area contributed by atoms with E-state index in [1.807, 2.05) is 0 Å². The lowest BCUT2D eigenvalue weighted by atomic mass is 9.93. The summed E-state index contributed by atoms with van der Waals surface area (Å²) in [5, 5.41) is 11.0. The Hall–Kier alpha value is -0.250. The van der Waals surface area contributed by atoms with Gasteiger partial charge in [0, 0.05) is 10.6 Å². The number of aliphatic hydroxyl groups is 1. The Balaban J connectivity index is 2.35. The summed E-state index contributed by atoms with van der Waals surface area (Å²) in [6.07, 6.45) is 1.90. The van der Waals surface area contributed by atoms with Crippen molar-refractivity contribution in [1.82, 2.24) is 0 Å². The molecule has 1 aromatic rings. The van der Waals surface area contributed by atoms with Crippen LogP contribution in [0.1, 0.15) is 31.4 Å². The minimum atomic E-state index is -0.521. The molecule has 0 amide bonds. The van der Waals surface area contributed by atoms with Crippen LogP contribution in [0.4, 0.5) is 0 Å². The molecule has 1 aliphatic carbocycles. The van der Waals surface area contributed by atoms with Crippen LogP contribution in [0.15, 0.2) is 16.6 Å². The third-order valence-electron chi connectivity index (χ3n) is 3.42. The first-order valence-electron chi connectivity index (χ1n) is 5.75. The Labute approximate surface area is 115 Å². The number of ether oxygens (including phenoxy) is 1. The van der Waals surface area contributed by atoms with E-state index in [2.05, 4.69) is 22.9 Å². The summed E-state index contributed by atoms with van der Waals surface area (Å²) >= 11 is 9.43. The molecule has 2 nitrogen and oxygen atoms in total. The maximum absolute atomic E-state index is 10.4. The fourth-order valence-corrected chi connectivity index (χ4v) is 3.17. The van der Waals surface area contributed by atoms with E-state index in [9.17, 15) is 5.11 Å². The normalized spacial score (nSPS) is 18.9. The van der Waals surface area contributed by atoms with E-state index >= 15 is 0 Å². The lowest BCUT2D eigenvalue weighted by molar-refractivity contribution is 0.103. The maximum atomic E-state index is 10.4. The smallest absolute Gasteiger partial charge is 0.138 e. The van der Waals surface area contributed by atoms with Gasteiger partial charge < -0.3 is 9.84 Å². The predicted octanol–water partition coefficient (Wildman–Crippen LogP) is 4.19. The van der Waals surface area contributed by atoms with Gasteiger partial charge in [0.05, 0.1) is 17.7 Å². The highest BCUT2D eigenvalue weighted by Gasteiger charge is 2.34. The van der Waals surface area contributed by atoms with Crippen molar-refractivity contribution < 1.29 is 9.84 Å². The number of rotatable bonds is 4. The second-order valence-electron chi connectivity index (χ2n) is 4.65. The highest BCUT2D eigenvalue weighted by molar-refractivity contribution is 9.10. The van der Waals surface area contributed by atoms with E-state index in [1.165, 1.54) is 12.8 Å². The van der Waals surface area contributed by atoms with E-state index in [0.29, 0.717) is 16.7 Å². The number of benzene rings is 1. The van der Waals surface area contributed by atoms with Gasteiger partial charge >= 0.3 is 0 Å². The Kier molecular flexibility index (Phi) is 4.01. The molecule has 2 rings (SSSR count). The molecule has 1 fully saturated rings. The second kappa shape index (κ2) is 5.17. The topological polar surface area (TPSA) is 29.5 Å². The summed E-state index contributed by atoms with van der Waals surface area (Å²) < 4.78 is 6.12. The van der Waals surface area contributed by atoms with Gasteiger partial charge in [-0.15, -0.1) is 0 Å². The van der Waals surface area contributed by atoms with Gasteiger partial charge in [0.2, 0.25) is 0 Å². The quantitative estimate of drug-likeness (QED) is 0.901. The molecule has 0 saturated heterocycles. The molecule has 0 bridgehead atoms. The predicted molar refractivity (Wildman–Crippen MR) is 72.6 cm³/mol. The number of aliphatic hydroxyl groups excluding tert-OH is 1. The minimum absolute atomic E-state index is 0.245. The standard InChI is InChI=1S/C13H16BrClO2/c1-7(8-3-4-8)12(16)10-5-9(15)6-11(14)13(10)17-2/h5-8,12,16H,3-4H2,1-2H3. The van der Waals surface area contributed by atoms with Crippen molar-refractivity contribution in [2.75, 3.05) is 7.11 Å². The number of hydrogen-bond donors (Lipinski definition) is 1. The third kappa shape index (κ3) is 2.78. The molecule has 0 radical (unpaired) electrons. The van der Waals surface area contributed by atoms with Crippen molar-refractivity contribution in [3.05, 3.63) is 27.2 Å². The van der Waals surface area contributed by atoms with Gasteiger partial charge in [-0.25, -0.2) is 0 Å². The number of methoxy groups -OCH3 is 1. The van der Waals surface area contributed by atoms with Crippen LogP contribution in [-0.4, -0.2) is 12.2 Å². The van der Waals surface area contributed by atoms with Crippen LogP contribution in [0.25, 0.3) is 0 Å². The highest BCUT2D eigenvalue weighted by Crippen LogP contribution is 2.46. The van der Waals surface area contributed by atoms with E-state index in [1.54, 1.807) is 19.2 Å². The molecule has 0 heterocycles. The van der Waals surface area contributed by atoms with E-state index < -0.39 is 6.10 Å². The van der Waals surface area contributed by atoms with E-state index in [0.717, 1.165) is 10.0 Å². The SMILES string of the molecule is COc1c(Br)cc(Cl)cc1C(O)C(C)C1CC1. The lowest BCUT2D eigenvalue weighted by Crippen LogP contribution is -2.12. The largest absolute Gasteiger partial charge is 0.495 e. The summed E-state index contributed by atoms with van der Waals surface area (Å²) in [7, 11) is 1.60. The fraction of sp³-hybridized carbons (Fsp3) is 0.538. The Bertz CT molecular complexity index is 418. The second-order valence-corrected chi connectivity index (χ2v) is 5.94. The van der Waals surface area contributed by atoms with Crippen LogP contribution in [0.5, 0.6) is 5.75 Å². The first-order chi connectivity index (χ1) is 8.04. The van der Waals surface area contributed by atoms with E-state index in [4.69, 9.17) is 16.3 Å². The monoisotopic (exact) mass is 318 g/mol. The van der Waals surface area contributed by atoms with Crippen molar-refractivity contribution in [3.8, 4) is 5.75 Å². The molecule has 1 N–H and O–H groups in total. The van der Waals surface area contributed by atoms with Crippen molar-refractivity contribution in [1.29, 1.82) is 0 Å². The lowest BCUT2D eigenvalue weighted by Gasteiger charge is -2.22. The summed E-state index contributed by atoms with van der Waals surface area (Å²) in [6, 6.07) is 3.56. The fourth-order valence-electron chi connectivity index (χ4n) is 2.18. The molecule has 0 spiro atoms. The molecule has 4 heteroatoms. The van der Waals surface area contributed by atoms with Gasteiger partial charge in [0.1, 0.15) is 5.75 Å². The van der Waals surface area contributed by atoms with Crippen LogP contribution in [0.2, 0.25) is 5.02 Å². The van der Waals surface area contributed by atoms with Crippen LogP contribution in [0.3, 0.4) is 0 Å². The van der Waals surface area contributed by atoms with E-state index in [-0.39, 0.29) is 5.92 Å². The minimum Gasteiger partial charge on any atom is -0.495 e. The summed E-state index contributed by atoms with van der Waals surface area (Å²) in [5.41, 5.74) is 0.770. The summed E-state index contributed by atoms with van der Waals surface area (Å²) in [6.45, 7) is 2.08. The van der Waals surface area contributed by atoms with Crippen LogP contribution in [-0.2, 0) is 0 Å². The molecule has 0 aliphatic heterocycles. The molecule has 94 valence electrons. The number of hydrogen-bond acceptors (Lipinski definition) is 2. The molecule has 1 aromatic carbocycles. The molecule has 1 aliphatic rings. The average molecular weight is 320 g/mol. The molecule has 0 aromatic heterocycles. The van der Waals surface area contributed by atoms with Crippen molar-refractivity contribution in [2.24, 2.45) is 11.8 Å². The zero-order valence-electron chi connectivity index (χ0n) is 9.91. The average Bonchev–Trinajstić information content (AvgIpc) is 3.10. The first kappa shape index (κ1) is 13.2. The maximum Gasteiger partial charge on any atom is 0.138 e. The zero-order valence-corrected chi connectivity index (χ0v) is 12.3. The highest BCUT2D eigenvalue weighted by atomic mass is 79.9. The van der Waals surface area contributed by atoms with Crippen molar-refractivity contribution in [2.45, 2.75) is 25.9 Å². The Morgan fingerprint density at radius 2 is 2.12 bits per heavy atom. The van der Waals surface area contributed by atoms with Crippen molar-refractivity contribution >= 4 is 27.5 Å². The van der Waals surface area contributed by atoms with Crippen LogP contribution < -0.4 is 4.74 Å². The third-order valence-corrected chi connectivity index (χ3v) is 4.23. The van der Waals surface area contributed by atoms with Gasteiger partial charge in [-0.05, 0) is 52.7 Å². The molecule has 2 unspecified atom stereocenters. The molecular formula is C13H16BrClO2. The van der Waals surface area contributed by atoms with Gasteiger partial charge in [-0.2, -0.15) is 0 Å². The van der Waals surface area contributed by atoms with Crippen molar-refractivity contribution in [3.63, 3.8) is 0 Å². The summed E-state index contributed by atoms with van der Waals surface area (Å²) in [4.78, 5) is 0. The molecular weight excluding hydrogens is 303 g/mol. The van der Waals surface area contributed by atoms with Gasteiger partial charge in [-0.1, -0.05) is 18.5 Å².